The molecule has 2 aromatic rings. The largest absolute Gasteiger partial charge is 0.496 e. The maximum Gasteiger partial charge on any atom is 0.124 e. The summed E-state index contributed by atoms with van der Waals surface area (Å²) in [6.07, 6.45) is -0.442. The first-order valence-electron chi connectivity index (χ1n) is 7.34. The minimum Gasteiger partial charge on any atom is -0.496 e. The smallest absolute Gasteiger partial charge is 0.124 e. The predicted molar refractivity (Wildman–Crippen MR) is 83.4 cm³/mol. The molecule has 116 valence electrons. The quantitative estimate of drug-likeness (QED) is 0.865. The molecule has 0 saturated carbocycles. The van der Waals surface area contributed by atoms with Crippen LogP contribution in [-0.4, -0.2) is 27.4 Å². The van der Waals surface area contributed by atoms with E-state index in [9.17, 15) is 0 Å². The van der Waals surface area contributed by atoms with Crippen LogP contribution in [0.25, 0.3) is 0 Å². The molecule has 1 aliphatic rings. The number of hydrogen-bond donors (Lipinski definition) is 0. The Kier molecular flexibility index (Phi) is 4.61. The lowest BCUT2D eigenvalue weighted by Crippen LogP contribution is -2.27. The third-order valence-electron chi connectivity index (χ3n) is 3.84. The molecule has 0 aliphatic carbocycles. The van der Waals surface area contributed by atoms with E-state index in [1.54, 1.807) is 14.2 Å². The van der Waals surface area contributed by atoms with E-state index in [-0.39, 0.29) is 12.2 Å². The lowest BCUT2D eigenvalue weighted by molar-refractivity contribution is -0.146. The van der Waals surface area contributed by atoms with Crippen molar-refractivity contribution < 1.29 is 18.9 Å². The van der Waals surface area contributed by atoms with Crippen LogP contribution in [0.2, 0.25) is 0 Å². The van der Waals surface area contributed by atoms with Crippen molar-refractivity contribution in [1.29, 1.82) is 0 Å². The molecule has 1 heterocycles. The maximum absolute atomic E-state index is 6.01. The third-order valence-corrected chi connectivity index (χ3v) is 3.84. The Balaban J connectivity index is 2.01. The van der Waals surface area contributed by atoms with Gasteiger partial charge in [-0.1, -0.05) is 36.4 Å². The van der Waals surface area contributed by atoms with Gasteiger partial charge in [-0.2, -0.15) is 0 Å². The number of benzene rings is 2. The van der Waals surface area contributed by atoms with E-state index in [0.29, 0.717) is 13.2 Å². The van der Waals surface area contributed by atoms with Crippen molar-refractivity contribution in [2.45, 2.75) is 12.2 Å². The van der Waals surface area contributed by atoms with Gasteiger partial charge in [-0.15, -0.1) is 0 Å². The summed E-state index contributed by atoms with van der Waals surface area (Å²) < 4.78 is 23.0. The average molecular weight is 300 g/mol. The second-order valence-electron chi connectivity index (χ2n) is 5.07. The van der Waals surface area contributed by atoms with Gasteiger partial charge in [-0.05, 0) is 12.1 Å². The Morgan fingerprint density at radius 3 is 1.55 bits per heavy atom. The molecule has 0 N–H and O–H groups in total. The first-order valence-corrected chi connectivity index (χ1v) is 7.34. The van der Waals surface area contributed by atoms with Gasteiger partial charge in [0.15, 0.2) is 0 Å². The first kappa shape index (κ1) is 14.9. The fourth-order valence-electron chi connectivity index (χ4n) is 2.83. The molecule has 22 heavy (non-hydrogen) atoms. The van der Waals surface area contributed by atoms with Crippen molar-refractivity contribution in [3.8, 4) is 11.5 Å². The highest BCUT2D eigenvalue weighted by Crippen LogP contribution is 2.43. The van der Waals surface area contributed by atoms with Gasteiger partial charge >= 0.3 is 0 Å². The standard InChI is InChI=1S/C18H20O4/c1-19-15-9-5-3-7-13(15)17-18(22-12-11-21-17)14-8-4-6-10-16(14)20-2/h3-10,17-18H,11-12H2,1-2H3. The summed E-state index contributed by atoms with van der Waals surface area (Å²) in [4.78, 5) is 0. The van der Waals surface area contributed by atoms with Crippen LogP contribution in [0.4, 0.5) is 0 Å². The van der Waals surface area contributed by atoms with Gasteiger partial charge in [0, 0.05) is 11.1 Å². The van der Waals surface area contributed by atoms with Gasteiger partial charge in [0.1, 0.15) is 23.7 Å². The number of rotatable bonds is 4. The van der Waals surface area contributed by atoms with E-state index in [4.69, 9.17) is 18.9 Å². The fourth-order valence-corrected chi connectivity index (χ4v) is 2.83. The Morgan fingerprint density at radius 1 is 0.727 bits per heavy atom. The van der Waals surface area contributed by atoms with Crippen molar-refractivity contribution >= 4 is 0 Å². The molecule has 0 bridgehead atoms. The average Bonchev–Trinajstić information content (AvgIpc) is 2.61. The van der Waals surface area contributed by atoms with Crippen LogP contribution in [0.15, 0.2) is 48.5 Å². The predicted octanol–water partition coefficient (Wildman–Crippen LogP) is 3.53. The molecule has 0 aromatic heterocycles. The topological polar surface area (TPSA) is 36.9 Å². The number of hydrogen-bond acceptors (Lipinski definition) is 4. The molecular weight excluding hydrogens is 280 g/mol. The molecule has 3 rings (SSSR count). The van der Waals surface area contributed by atoms with Crippen LogP contribution in [0, 0.1) is 0 Å². The number of methoxy groups -OCH3 is 2. The first-order chi connectivity index (χ1) is 10.8. The van der Waals surface area contributed by atoms with Gasteiger partial charge < -0.3 is 18.9 Å². The second-order valence-corrected chi connectivity index (χ2v) is 5.07. The number of ether oxygens (including phenoxy) is 4. The Hall–Kier alpha value is -2.04. The van der Waals surface area contributed by atoms with E-state index in [0.717, 1.165) is 22.6 Å². The van der Waals surface area contributed by atoms with Crippen molar-refractivity contribution in [3.05, 3.63) is 59.7 Å². The number of para-hydroxylation sites is 2. The summed E-state index contributed by atoms with van der Waals surface area (Å²) in [6.45, 7) is 1.13. The highest BCUT2D eigenvalue weighted by Gasteiger charge is 2.33. The van der Waals surface area contributed by atoms with Gasteiger partial charge in [0.25, 0.3) is 0 Å². The van der Waals surface area contributed by atoms with Gasteiger partial charge in [-0.3, -0.25) is 0 Å². The van der Waals surface area contributed by atoms with Crippen molar-refractivity contribution in [2.24, 2.45) is 0 Å². The summed E-state index contributed by atoms with van der Waals surface area (Å²) in [6, 6.07) is 15.8. The molecule has 1 saturated heterocycles. The van der Waals surface area contributed by atoms with E-state index in [1.807, 2.05) is 48.5 Å². The van der Waals surface area contributed by atoms with Gasteiger partial charge in [0.2, 0.25) is 0 Å². The van der Waals surface area contributed by atoms with Crippen LogP contribution in [-0.2, 0) is 9.47 Å². The molecule has 0 amide bonds. The van der Waals surface area contributed by atoms with Crippen molar-refractivity contribution in [2.75, 3.05) is 27.4 Å². The summed E-state index contributed by atoms with van der Waals surface area (Å²) in [5.74, 6) is 1.61. The summed E-state index contributed by atoms with van der Waals surface area (Å²) in [5.41, 5.74) is 1.97. The van der Waals surface area contributed by atoms with Crippen LogP contribution in [0.3, 0.4) is 0 Å². The lowest BCUT2D eigenvalue weighted by atomic mass is 9.96. The van der Waals surface area contributed by atoms with Crippen LogP contribution >= 0.6 is 0 Å². The monoisotopic (exact) mass is 300 g/mol. The Labute approximate surface area is 130 Å². The molecule has 1 fully saturated rings. The normalized spacial score (nSPS) is 21.4. The van der Waals surface area contributed by atoms with E-state index < -0.39 is 0 Å². The SMILES string of the molecule is COc1ccccc1C1OCCOC1c1ccccc1OC. The lowest BCUT2D eigenvalue weighted by Gasteiger charge is -2.33. The molecule has 2 unspecified atom stereocenters. The van der Waals surface area contributed by atoms with Crippen LogP contribution in [0.5, 0.6) is 11.5 Å². The highest BCUT2D eigenvalue weighted by atomic mass is 16.6. The minimum atomic E-state index is -0.221. The van der Waals surface area contributed by atoms with Gasteiger partial charge in [0.05, 0.1) is 27.4 Å². The Morgan fingerprint density at radius 2 is 1.14 bits per heavy atom. The minimum absolute atomic E-state index is 0.221. The third kappa shape index (κ3) is 2.80. The molecular formula is C18H20O4. The zero-order chi connectivity index (χ0) is 15.4. The highest BCUT2D eigenvalue weighted by molar-refractivity contribution is 5.41. The molecule has 0 spiro atoms. The molecule has 2 atom stereocenters. The molecule has 0 radical (unpaired) electrons. The van der Waals surface area contributed by atoms with E-state index >= 15 is 0 Å². The molecule has 2 aromatic carbocycles. The van der Waals surface area contributed by atoms with E-state index in [1.165, 1.54) is 0 Å². The zero-order valence-corrected chi connectivity index (χ0v) is 12.8. The maximum atomic E-state index is 6.01. The molecule has 1 aliphatic heterocycles. The molecule has 4 nitrogen and oxygen atoms in total. The van der Waals surface area contributed by atoms with Crippen molar-refractivity contribution in [3.63, 3.8) is 0 Å². The second kappa shape index (κ2) is 6.81. The van der Waals surface area contributed by atoms with Crippen LogP contribution < -0.4 is 9.47 Å². The zero-order valence-electron chi connectivity index (χ0n) is 12.8. The summed E-state index contributed by atoms with van der Waals surface area (Å²) >= 11 is 0. The van der Waals surface area contributed by atoms with E-state index in [2.05, 4.69) is 0 Å². The summed E-state index contributed by atoms with van der Waals surface area (Å²) in [5, 5.41) is 0. The summed E-state index contributed by atoms with van der Waals surface area (Å²) in [7, 11) is 3.33. The fraction of sp³-hybridized carbons (Fsp3) is 0.333. The van der Waals surface area contributed by atoms with Gasteiger partial charge in [-0.25, -0.2) is 0 Å². The molecule has 4 heteroatoms. The van der Waals surface area contributed by atoms with Crippen LogP contribution in [0.1, 0.15) is 23.3 Å². The van der Waals surface area contributed by atoms with Crippen molar-refractivity contribution in [1.82, 2.24) is 0 Å². The Bertz CT molecular complexity index is 570.